The maximum Gasteiger partial charge on any atom is 0.0595 e. The molecular weight excluding hydrogens is 279 g/mol. The summed E-state index contributed by atoms with van der Waals surface area (Å²) in [5.41, 5.74) is 1.71. The van der Waals surface area contributed by atoms with Crippen molar-refractivity contribution in [3.05, 3.63) is 33.8 Å². The van der Waals surface area contributed by atoms with Crippen molar-refractivity contribution in [2.45, 2.75) is 39.0 Å². The molecule has 0 unspecified atom stereocenters. The van der Waals surface area contributed by atoms with E-state index in [-0.39, 0.29) is 0 Å². The molecule has 2 N–H and O–H groups in total. The molecule has 0 aromatic heterocycles. The Morgan fingerprint density at radius 2 is 1.95 bits per heavy atom. The van der Waals surface area contributed by atoms with Crippen molar-refractivity contribution in [3.63, 3.8) is 0 Å². The van der Waals surface area contributed by atoms with Crippen LogP contribution in [0.3, 0.4) is 0 Å². The van der Waals surface area contributed by atoms with E-state index in [2.05, 4.69) is 12.2 Å². The molecule has 4 heteroatoms. The van der Waals surface area contributed by atoms with Crippen LogP contribution in [0.2, 0.25) is 10.0 Å². The molecule has 0 heterocycles. The van der Waals surface area contributed by atoms with Gasteiger partial charge in [0.2, 0.25) is 0 Å². The molecule has 1 aromatic rings. The molecule has 106 valence electrons. The molecule has 0 saturated carbocycles. The van der Waals surface area contributed by atoms with Crippen molar-refractivity contribution in [1.29, 1.82) is 5.41 Å². The molecular formula is C15H22Cl2N2. The Labute approximate surface area is 126 Å². The number of unbranched alkanes of at least 4 members (excludes halogenated alkanes) is 3. The summed E-state index contributed by atoms with van der Waals surface area (Å²) >= 11 is 11.8. The lowest BCUT2D eigenvalue weighted by Gasteiger charge is -2.07. The van der Waals surface area contributed by atoms with Gasteiger partial charge in [0.1, 0.15) is 0 Å². The van der Waals surface area contributed by atoms with Gasteiger partial charge in [-0.2, -0.15) is 0 Å². The van der Waals surface area contributed by atoms with Gasteiger partial charge >= 0.3 is 0 Å². The van der Waals surface area contributed by atoms with Gasteiger partial charge in [-0.15, -0.1) is 0 Å². The predicted molar refractivity (Wildman–Crippen MR) is 84.9 cm³/mol. The van der Waals surface area contributed by atoms with Crippen LogP contribution in [-0.4, -0.2) is 18.8 Å². The first-order valence-electron chi connectivity index (χ1n) is 6.84. The van der Waals surface area contributed by atoms with E-state index >= 15 is 0 Å². The number of nitrogens with one attached hydrogen (secondary N) is 2. The predicted octanol–water partition coefficient (Wildman–Crippen LogP) is 4.73. The number of hydrogen-bond donors (Lipinski definition) is 2. The third-order valence-electron chi connectivity index (χ3n) is 2.95. The van der Waals surface area contributed by atoms with Crippen LogP contribution in [0, 0.1) is 5.41 Å². The highest BCUT2D eigenvalue weighted by Crippen LogP contribution is 2.22. The molecule has 0 bridgehead atoms. The molecule has 0 aliphatic carbocycles. The molecule has 19 heavy (non-hydrogen) atoms. The van der Waals surface area contributed by atoms with Crippen LogP contribution in [0.5, 0.6) is 0 Å². The Morgan fingerprint density at radius 3 is 2.63 bits per heavy atom. The molecule has 0 spiro atoms. The number of rotatable bonds is 9. The van der Waals surface area contributed by atoms with Crippen molar-refractivity contribution in [2.24, 2.45) is 0 Å². The van der Waals surface area contributed by atoms with Crippen molar-refractivity contribution in [2.75, 3.05) is 13.1 Å². The fraction of sp³-hybridized carbons (Fsp3) is 0.533. The van der Waals surface area contributed by atoms with Crippen LogP contribution in [0.4, 0.5) is 0 Å². The summed E-state index contributed by atoms with van der Waals surface area (Å²) in [5, 5.41) is 12.4. The second kappa shape index (κ2) is 9.35. The fourth-order valence-corrected chi connectivity index (χ4v) is 2.20. The maximum atomic E-state index is 7.93. The Kier molecular flexibility index (Phi) is 8.11. The highest BCUT2D eigenvalue weighted by Gasteiger charge is 2.03. The van der Waals surface area contributed by atoms with Crippen LogP contribution in [0.25, 0.3) is 0 Å². The minimum atomic E-state index is 0.555. The second-order valence-corrected chi connectivity index (χ2v) is 5.58. The van der Waals surface area contributed by atoms with Crippen molar-refractivity contribution >= 4 is 28.9 Å². The monoisotopic (exact) mass is 300 g/mol. The summed E-state index contributed by atoms with van der Waals surface area (Å²) in [6.45, 7) is 3.84. The van der Waals surface area contributed by atoms with E-state index in [4.69, 9.17) is 28.6 Å². The molecule has 1 rings (SSSR count). The summed E-state index contributed by atoms with van der Waals surface area (Å²) in [7, 11) is 0. The highest BCUT2D eigenvalue weighted by molar-refractivity contribution is 6.42. The van der Waals surface area contributed by atoms with E-state index in [0.29, 0.717) is 28.7 Å². The van der Waals surface area contributed by atoms with E-state index in [1.165, 1.54) is 25.7 Å². The van der Waals surface area contributed by atoms with Crippen LogP contribution in [0.1, 0.15) is 38.2 Å². The van der Waals surface area contributed by atoms with E-state index in [1.54, 1.807) is 6.07 Å². The smallest absolute Gasteiger partial charge is 0.0595 e. The quantitative estimate of drug-likeness (QED) is 0.502. The molecule has 0 aliphatic rings. The molecule has 0 saturated heterocycles. The lowest BCUT2D eigenvalue weighted by atomic mass is 10.1. The average Bonchev–Trinajstić information content (AvgIpc) is 2.38. The minimum absolute atomic E-state index is 0.555. The molecule has 0 radical (unpaired) electrons. The molecule has 2 nitrogen and oxygen atoms in total. The minimum Gasteiger partial charge on any atom is -0.311 e. The van der Waals surface area contributed by atoms with Gasteiger partial charge in [0.15, 0.2) is 0 Å². The van der Waals surface area contributed by atoms with Gasteiger partial charge in [-0.1, -0.05) is 55.5 Å². The van der Waals surface area contributed by atoms with Gasteiger partial charge in [-0.25, -0.2) is 0 Å². The summed E-state index contributed by atoms with van der Waals surface area (Å²) in [6.07, 6.45) is 5.63. The number of hydrogen-bond acceptors (Lipinski definition) is 2. The maximum absolute atomic E-state index is 7.93. The van der Waals surface area contributed by atoms with Gasteiger partial charge < -0.3 is 10.7 Å². The van der Waals surface area contributed by atoms with Crippen molar-refractivity contribution in [1.82, 2.24) is 5.32 Å². The first kappa shape index (κ1) is 16.5. The van der Waals surface area contributed by atoms with Crippen LogP contribution >= 0.6 is 23.2 Å². The topological polar surface area (TPSA) is 35.9 Å². The standard InChI is InChI=1S/C15H22Cl2N2/c1-2-3-4-5-8-19-11-13(18)9-12-6-7-14(16)15(17)10-12/h6-7,10,18-19H,2-5,8-9,11H2,1H3. The highest BCUT2D eigenvalue weighted by atomic mass is 35.5. The Hall–Kier alpha value is -0.570. The lowest BCUT2D eigenvalue weighted by Crippen LogP contribution is -2.24. The van der Waals surface area contributed by atoms with Crippen LogP contribution < -0.4 is 5.32 Å². The third kappa shape index (κ3) is 6.95. The third-order valence-corrected chi connectivity index (χ3v) is 3.69. The van der Waals surface area contributed by atoms with E-state index in [9.17, 15) is 0 Å². The zero-order chi connectivity index (χ0) is 14.1. The summed E-state index contributed by atoms with van der Waals surface area (Å²) in [4.78, 5) is 0. The SMILES string of the molecule is CCCCCCNCC(=N)Cc1ccc(Cl)c(Cl)c1. The molecule has 0 atom stereocenters. The van der Waals surface area contributed by atoms with Crippen LogP contribution in [-0.2, 0) is 6.42 Å². The van der Waals surface area contributed by atoms with Crippen molar-refractivity contribution in [3.8, 4) is 0 Å². The molecule has 0 fully saturated rings. The van der Waals surface area contributed by atoms with E-state index in [0.717, 1.165) is 12.1 Å². The van der Waals surface area contributed by atoms with Gasteiger partial charge in [0.25, 0.3) is 0 Å². The zero-order valence-corrected chi connectivity index (χ0v) is 12.9. The van der Waals surface area contributed by atoms with Gasteiger partial charge in [0, 0.05) is 18.7 Å². The summed E-state index contributed by atoms with van der Waals surface area (Å²) in [5.74, 6) is 0. The molecule has 1 aromatic carbocycles. The summed E-state index contributed by atoms with van der Waals surface area (Å²) < 4.78 is 0. The Morgan fingerprint density at radius 1 is 1.16 bits per heavy atom. The zero-order valence-electron chi connectivity index (χ0n) is 11.4. The first-order chi connectivity index (χ1) is 9.13. The first-order valence-corrected chi connectivity index (χ1v) is 7.60. The number of benzene rings is 1. The number of halogens is 2. The van der Waals surface area contributed by atoms with Crippen LogP contribution in [0.15, 0.2) is 18.2 Å². The lowest BCUT2D eigenvalue weighted by molar-refractivity contribution is 0.623. The van der Waals surface area contributed by atoms with Gasteiger partial charge in [0.05, 0.1) is 10.0 Å². The van der Waals surface area contributed by atoms with Gasteiger partial charge in [-0.05, 0) is 30.7 Å². The summed E-state index contributed by atoms with van der Waals surface area (Å²) in [6, 6.07) is 5.54. The average molecular weight is 301 g/mol. The van der Waals surface area contributed by atoms with Crippen molar-refractivity contribution < 1.29 is 0 Å². The second-order valence-electron chi connectivity index (χ2n) is 4.77. The van der Waals surface area contributed by atoms with E-state index < -0.39 is 0 Å². The largest absolute Gasteiger partial charge is 0.311 e. The van der Waals surface area contributed by atoms with Gasteiger partial charge in [-0.3, -0.25) is 0 Å². The Balaban J connectivity index is 2.21. The molecule has 0 aliphatic heterocycles. The molecule has 0 amide bonds. The Bertz CT molecular complexity index is 405. The fourth-order valence-electron chi connectivity index (χ4n) is 1.87. The normalized spacial score (nSPS) is 10.7. The van der Waals surface area contributed by atoms with E-state index in [1.807, 2.05) is 12.1 Å².